The molecule has 2 amide bonds. The summed E-state index contributed by atoms with van der Waals surface area (Å²) in [6.07, 6.45) is 1.98. The average molecular weight is 462 g/mol. The number of halogens is 1. The van der Waals surface area contributed by atoms with Gasteiger partial charge in [0.1, 0.15) is 6.54 Å². The number of hydrogen-bond acceptors (Lipinski definition) is 2. The van der Waals surface area contributed by atoms with E-state index in [1.807, 2.05) is 53.0 Å². The lowest BCUT2D eigenvalue weighted by Gasteiger charge is -2.30. The van der Waals surface area contributed by atoms with Crippen LogP contribution in [0.25, 0.3) is 0 Å². The Kier molecular flexibility index (Phi) is 8.50. The Labute approximate surface area is 182 Å². The van der Waals surface area contributed by atoms with E-state index >= 15 is 0 Å². The maximum Gasteiger partial charge on any atom is 0.255 e. The quantitative estimate of drug-likeness (QED) is 0.548. The lowest BCUT2D eigenvalue weighted by Crippen LogP contribution is -2.45. The van der Waals surface area contributed by atoms with Crippen molar-refractivity contribution in [1.29, 1.82) is 0 Å². The number of carbonyl (C=O) groups is 2. The number of hydrogen-bond donors (Lipinski definition) is 0. The Morgan fingerprint density at radius 3 is 2.14 bits per heavy atom. The van der Waals surface area contributed by atoms with E-state index in [1.165, 1.54) is 0 Å². The first-order valence-corrected chi connectivity index (χ1v) is 10.9. The van der Waals surface area contributed by atoms with Gasteiger partial charge >= 0.3 is 0 Å². The van der Waals surface area contributed by atoms with Gasteiger partial charge < -0.3 is 14.4 Å². The van der Waals surface area contributed by atoms with E-state index in [-0.39, 0.29) is 24.3 Å². The minimum atomic E-state index is -0.122. The summed E-state index contributed by atoms with van der Waals surface area (Å²) >= 11 is 3.46. The fourth-order valence-corrected chi connectivity index (χ4v) is 3.73. The second-order valence-electron chi connectivity index (χ2n) is 8.34. The summed E-state index contributed by atoms with van der Waals surface area (Å²) in [5, 5.41) is 0. The minimum absolute atomic E-state index is 0.0269. The topological polar surface area (TPSA) is 45.6 Å². The van der Waals surface area contributed by atoms with Crippen LogP contribution in [0.3, 0.4) is 0 Å². The van der Waals surface area contributed by atoms with Crippen molar-refractivity contribution < 1.29 is 9.59 Å². The molecular weight excluding hydrogens is 430 g/mol. The maximum atomic E-state index is 13.2. The predicted octanol–water partition coefficient (Wildman–Crippen LogP) is 4.57. The molecule has 2 rings (SSSR count). The van der Waals surface area contributed by atoms with Gasteiger partial charge in [-0.05, 0) is 52.0 Å². The van der Waals surface area contributed by atoms with Crippen LogP contribution in [0.1, 0.15) is 43.7 Å². The van der Waals surface area contributed by atoms with Gasteiger partial charge in [0.25, 0.3) is 5.91 Å². The number of benzene rings is 1. The van der Waals surface area contributed by atoms with Gasteiger partial charge in [-0.25, -0.2) is 0 Å². The molecule has 1 aromatic carbocycles. The number of aromatic nitrogens is 1. The molecular formula is C23H32BrN3O2. The number of carbonyl (C=O) groups excluding carboxylic acids is 2. The molecule has 0 fully saturated rings. The Morgan fingerprint density at radius 1 is 0.966 bits per heavy atom. The van der Waals surface area contributed by atoms with Crippen molar-refractivity contribution >= 4 is 27.7 Å². The van der Waals surface area contributed by atoms with Crippen LogP contribution in [0, 0.1) is 11.8 Å². The summed E-state index contributed by atoms with van der Waals surface area (Å²) in [4.78, 5) is 29.9. The fourth-order valence-electron chi connectivity index (χ4n) is 3.28. The Balaban J connectivity index is 2.22. The minimum Gasteiger partial charge on any atom is -0.353 e. The maximum absolute atomic E-state index is 13.2. The summed E-state index contributed by atoms with van der Waals surface area (Å²) in [7, 11) is 1.98. The van der Waals surface area contributed by atoms with Crippen LogP contribution in [0.2, 0.25) is 0 Å². The molecule has 1 heterocycles. The first kappa shape index (κ1) is 23.2. The van der Waals surface area contributed by atoms with E-state index in [1.54, 1.807) is 11.0 Å². The molecule has 0 aliphatic heterocycles. The fraction of sp³-hybridized carbons (Fsp3) is 0.478. The van der Waals surface area contributed by atoms with Crippen LogP contribution in [0.4, 0.5) is 0 Å². The standard InChI is InChI=1S/C23H32BrN3O2/c1-17(2)13-26(15-19-9-8-12-25(19)5)22(28)16-27(14-18(3)4)23(29)20-10-6-7-11-21(20)24/h6-12,17-18H,13-16H2,1-5H3. The van der Waals surface area contributed by atoms with E-state index in [9.17, 15) is 9.59 Å². The molecule has 0 aliphatic rings. The summed E-state index contributed by atoms with van der Waals surface area (Å²) in [6, 6.07) is 11.4. The second-order valence-corrected chi connectivity index (χ2v) is 9.19. The molecule has 0 atom stereocenters. The van der Waals surface area contributed by atoms with Crippen molar-refractivity contribution in [3.63, 3.8) is 0 Å². The molecule has 0 spiro atoms. The summed E-state index contributed by atoms with van der Waals surface area (Å²) < 4.78 is 2.77. The predicted molar refractivity (Wildman–Crippen MR) is 121 cm³/mol. The first-order chi connectivity index (χ1) is 13.7. The van der Waals surface area contributed by atoms with Gasteiger partial charge in [-0.2, -0.15) is 0 Å². The Bertz CT molecular complexity index is 829. The van der Waals surface area contributed by atoms with Crippen LogP contribution >= 0.6 is 15.9 Å². The molecule has 0 saturated heterocycles. The van der Waals surface area contributed by atoms with Gasteiger partial charge in [-0.1, -0.05) is 39.8 Å². The van der Waals surface area contributed by atoms with Crippen LogP contribution in [0.15, 0.2) is 47.1 Å². The van der Waals surface area contributed by atoms with Gasteiger partial charge in [0.2, 0.25) is 5.91 Å². The highest BCUT2D eigenvalue weighted by Gasteiger charge is 2.25. The lowest BCUT2D eigenvalue weighted by molar-refractivity contribution is -0.133. The Hall–Kier alpha value is -2.08. The number of nitrogens with zero attached hydrogens (tertiary/aromatic N) is 3. The van der Waals surface area contributed by atoms with E-state index in [2.05, 4.69) is 43.6 Å². The number of amides is 2. The van der Waals surface area contributed by atoms with Crippen molar-refractivity contribution in [2.75, 3.05) is 19.6 Å². The molecule has 29 heavy (non-hydrogen) atoms. The largest absolute Gasteiger partial charge is 0.353 e. The first-order valence-electron chi connectivity index (χ1n) is 10.1. The lowest BCUT2D eigenvalue weighted by atomic mass is 10.1. The molecule has 1 aromatic heterocycles. The van der Waals surface area contributed by atoms with Crippen LogP contribution < -0.4 is 0 Å². The molecule has 5 nitrogen and oxygen atoms in total. The number of rotatable bonds is 9. The van der Waals surface area contributed by atoms with Crippen molar-refractivity contribution in [2.24, 2.45) is 18.9 Å². The van der Waals surface area contributed by atoms with Crippen LogP contribution in [-0.4, -0.2) is 45.8 Å². The van der Waals surface area contributed by atoms with Gasteiger partial charge in [-0.15, -0.1) is 0 Å². The van der Waals surface area contributed by atoms with Gasteiger partial charge in [-0.3, -0.25) is 9.59 Å². The van der Waals surface area contributed by atoms with Crippen molar-refractivity contribution in [1.82, 2.24) is 14.4 Å². The molecule has 0 N–H and O–H groups in total. The highest BCUT2D eigenvalue weighted by atomic mass is 79.9. The summed E-state index contributed by atoms with van der Waals surface area (Å²) in [5.74, 6) is 0.459. The molecule has 158 valence electrons. The highest BCUT2D eigenvalue weighted by Crippen LogP contribution is 2.19. The molecule has 0 unspecified atom stereocenters. The van der Waals surface area contributed by atoms with Gasteiger partial charge in [0.05, 0.1) is 12.1 Å². The van der Waals surface area contributed by atoms with Crippen molar-refractivity contribution in [3.8, 4) is 0 Å². The zero-order chi connectivity index (χ0) is 21.6. The molecule has 0 radical (unpaired) electrons. The molecule has 6 heteroatoms. The molecule has 0 aliphatic carbocycles. The van der Waals surface area contributed by atoms with Crippen molar-refractivity contribution in [2.45, 2.75) is 34.2 Å². The van der Waals surface area contributed by atoms with Gasteiger partial charge in [0, 0.05) is 36.5 Å². The Morgan fingerprint density at radius 2 is 1.59 bits per heavy atom. The smallest absolute Gasteiger partial charge is 0.255 e. The van der Waals surface area contributed by atoms with E-state index in [4.69, 9.17) is 0 Å². The summed E-state index contributed by atoms with van der Waals surface area (Å²) in [6.45, 7) is 10.1. The third-order valence-corrected chi connectivity index (χ3v) is 5.34. The number of aryl methyl sites for hydroxylation is 1. The monoisotopic (exact) mass is 461 g/mol. The zero-order valence-electron chi connectivity index (χ0n) is 18.1. The van der Waals surface area contributed by atoms with Crippen LogP contribution in [-0.2, 0) is 18.4 Å². The normalized spacial score (nSPS) is 11.2. The van der Waals surface area contributed by atoms with Crippen molar-refractivity contribution in [3.05, 3.63) is 58.3 Å². The zero-order valence-corrected chi connectivity index (χ0v) is 19.6. The van der Waals surface area contributed by atoms with E-state index in [0.29, 0.717) is 31.1 Å². The SMILES string of the molecule is CC(C)CN(Cc1cccn1C)C(=O)CN(CC(C)C)C(=O)c1ccccc1Br. The third kappa shape index (κ3) is 6.74. The van der Waals surface area contributed by atoms with E-state index in [0.717, 1.165) is 10.2 Å². The van der Waals surface area contributed by atoms with Crippen LogP contribution in [0.5, 0.6) is 0 Å². The molecule has 0 bridgehead atoms. The third-order valence-electron chi connectivity index (χ3n) is 4.65. The van der Waals surface area contributed by atoms with E-state index < -0.39 is 0 Å². The highest BCUT2D eigenvalue weighted by molar-refractivity contribution is 9.10. The average Bonchev–Trinajstić information content (AvgIpc) is 3.04. The molecule has 0 saturated carbocycles. The second kappa shape index (κ2) is 10.6. The molecule has 2 aromatic rings. The summed E-state index contributed by atoms with van der Waals surface area (Å²) in [5.41, 5.74) is 1.66. The van der Waals surface area contributed by atoms with Gasteiger partial charge in [0.15, 0.2) is 0 Å².